The van der Waals surface area contributed by atoms with Crippen LogP contribution in [0.5, 0.6) is 0 Å². The Hall–Kier alpha value is -1.64. The Bertz CT molecular complexity index is 576. The molecule has 2 rings (SSSR count). The SMILES string of the molecule is CCc1nc2cc(F)cc(C)c2c(NC)c1C. The Morgan fingerprint density at radius 2 is 2.00 bits per heavy atom. The van der Waals surface area contributed by atoms with Crippen molar-refractivity contribution >= 4 is 16.6 Å². The monoisotopic (exact) mass is 232 g/mol. The number of benzene rings is 1. The fraction of sp³-hybridized carbons (Fsp3) is 0.357. The second-order valence-corrected chi connectivity index (χ2v) is 4.28. The molecule has 17 heavy (non-hydrogen) atoms. The van der Waals surface area contributed by atoms with Crippen LogP contribution in [-0.2, 0) is 6.42 Å². The van der Waals surface area contributed by atoms with Crippen molar-refractivity contribution in [1.29, 1.82) is 0 Å². The summed E-state index contributed by atoms with van der Waals surface area (Å²) in [6, 6.07) is 3.05. The van der Waals surface area contributed by atoms with Gasteiger partial charge in [-0.15, -0.1) is 0 Å². The van der Waals surface area contributed by atoms with Gasteiger partial charge in [-0.1, -0.05) is 6.92 Å². The third-order valence-electron chi connectivity index (χ3n) is 3.18. The van der Waals surface area contributed by atoms with Gasteiger partial charge in [0, 0.05) is 29.9 Å². The molecule has 0 spiro atoms. The first-order valence-corrected chi connectivity index (χ1v) is 5.85. The predicted octanol–water partition coefficient (Wildman–Crippen LogP) is 3.59. The molecule has 0 aliphatic carbocycles. The summed E-state index contributed by atoms with van der Waals surface area (Å²) in [5.74, 6) is -0.226. The minimum absolute atomic E-state index is 0.226. The first kappa shape index (κ1) is 11.8. The zero-order valence-corrected chi connectivity index (χ0v) is 10.7. The molecule has 1 aromatic heterocycles. The Kier molecular flexibility index (Phi) is 3.01. The summed E-state index contributed by atoms with van der Waals surface area (Å²) < 4.78 is 13.4. The molecule has 0 unspecified atom stereocenters. The van der Waals surface area contributed by atoms with Gasteiger partial charge < -0.3 is 5.32 Å². The first-order chi connectivity index (χ1) is 8.08. The Balaban J connectivity index is 2.92. The number of nitrogens with zero attached hydrogens (tertiary/aromatic N) is 1. The third kappa shape index (κ3) is 1.86. The molecule has 0 saturated carbocycles. The maximum Gasteiger partial charge on any atom is 0.125 e. The van der Waals surface area contributed by atoms with E-state index in [-0.39, 0.29) is 5.82 Å². The largest absolute Gasteiger partial charge is 0.387 e. The predicted molar refractivity (Wildman–Crippen MR) is 70.1 cm³/mol. The van der Waals surface area contributed by atoms with E-state index in [9.17, 15) is 4.39 Å². The highest BCUT2D eigenvalue weighted by molar-refractivity contribution is 5.95. The van der Waals surface area contributed by atoms with E-state index < -0.39 is 0 Å². The molecule has 90 valence electrons. The number of nitrogens with one attached hydrogen (secondary N) is 1. The van der Waals surface area contributed by atoms with Gasteiger partial charge >= 0.3 is 0 Å². The van der Waals surface area contributed by atoms with E-state index in [2.05, 4.69) is 24.1 Å². The lowest BCUT2D eigenvalue weighted by molar-refractivity contribution is 0.628. The zero-order chi connectivity index (χ0) is 12.6. The van der Waals surface area contributed by atoms with Crippen LogP contribution in [0.15, 0.2) is 12.1 Å². The fourth-order valence-electron chi connectivity index (χ4n) is 2.36. The van der Waals surface area contributed by atoms with Gasteiger partial charge in [0.15, 0.2) is 0 Å². The number of anilines is 1. The second-order valence-electron chi connectivity index (χ2n) is 4.28. The zero-order valence-electron chi connectivity index (χ0n) is 10.7. The van der Waals surface area contributed by atoms with Crippen molar-refractivity contribution in [1.82, 2.24) is 4.98 Å². The van der Waals surface area contributed by atoms with Crippen LogP contribution >= 0.6 is 0 Å². The molecular formula is C14H17FN2. The van der Waals surface area contributed by atoms with Crippen LogP contribution in [0, 0.1) is 19.7 Å². The number of aromatic nitrogens is 1. The molecule has 0 aliphatic heterocycles. The average Bonchev–Trinajstić information content (AvgIpc) is 2.29. The summed E-state index contributed by atoms with van der Waals surface area (Å²) in [4.78, 5) is 4.54. The van der Waals surface area contributed by atoms with Crippen LogP contribution in [-0.4, -0.2) is 12.0 Å². The van der Waals surface area contributed by atoms with E-state index in [1.54, 1.807) is 6.07 Å². The lowest BCUT2D eigenvalue weighted by Crippen LogP contribution is -2.02. The van der Waals surface area contributed by atoms with E-state index >= 15 is 0 Å². The number of aryl methyl sites for hydroxylation is 2. The van der Waals surface area contributed by atoms with Crippen LogP contribution in [0.1, 0.15) is 23.7 Å². The molecule has 1 aromatic carbocycles. The highest BCUT2D eigenvalue weighted by atomic mass is 19.1. The van der Waals surface area contributed by atoms with Crippen LogP contribution in [0.25, 0.3) is 10.9 Å². The second kappa shape index (κ2) is 4.32. The highest BCUT2D eigenvalue weighted by Crippen LogP contribution is 2.31. The van der Waals surface area contributed by atoms with Crippen LogP contribution in [0.3, 0.4) is 0 Å². The molecular weight excluding hydrogens is 215 g/mol. The molecule has 0 saturated heterocycles. The van der Waals surface area contributed by atoms with Gasteiger partial charge in [0.1, 0.15) is 5.82 Å². The van der Waals surface area contributed by atoms with Crippen molar-refractivity contribution in [3.05, 3.63) is 34.8 Å². The molecule has 0 bridgehead atoms. The van der Waals surface area contributed by atoms with Crippen molar-refractivity contribution in [2.45, 2.75) is 27.2 Å². The summed E-state index contributed by atoms with van der Waals surface area (Å²) in [5.41, 5.74) is 4.88. The summed E-state index contributed by atoms with van der Waals surface area (Å²) in [6.07, 6.45) is 0.853. The maximum absolute atomic E-state index is 13.4. The van der Waals surface area contributed by atoms with Crippen LogP contribution in [0.4, 0.5) is 10.1 Å². The van der Waals surface area contributed by atoms with Gasteiger partial charge in [-0.25, -0.2) is 4.39 Å². The van der Waals surface area contributed by atoms with E-state index in [1.807, 2.05) is 14.0 Å². The smallest absolute Gasteiger partial charge is 0.125 e. The third-order valence-corrected chi connectivity index (χ3v) is 3.18. The van der Waals surface area contributed by atoms with E-state index in [0.717, 1.165) is 39.8 Å². The minimum atomic E-state index is -0.226. The van der Waals surface area contributed by atoms with Gasteiger partial charge in [0.25, 0.3) is 0 Å². The van der Waals surface area contributed by atoms with Gasteiger partial charge in [0.05, 0.1) is 5.52 Å². The average molecular weight is 232 g/mol. The molecule has 0 radical (unpaired) electrons. The summed E-state index contributed by atoms with van der Waals surface area (Å²) in [7, 11) is 1.89. The molecule has 1 heterocycles. The lowest BCUT2D eigenvalue weighted by atomic mass is 10.0. The first-order valence-electron chi connectivity index (χ1n) is 5.85. The Morgan fingerprint density at radius 3 is 2.59 bits per heavy atom. The highest BCUT2D eigenvalue weighted by Gasteiger charge is 2.12. The van der Waals surface area contributed by atoms with Crippen molar-refractivity contribution in [2.75, 3.05) is 12.4 Å². The van der Waals surface area contributed by atoms with Crippen molar-refractivity contribution in [3.8, 4) is 0 Å². The minimum Gasteiger partial charge on any atom is -0.387 e. The number of fused-ring (bicyclic) bond motifs is 1. The molecule has 2 nitrogen and oxygen atoms in total. The summed E-state index contributed by atoms with van der Waals surface area (Å²) in [5, 5.41) is 4.23. The van der Waals surface area contributed by atoms with Gasteiger partial charge in [0.2, 0.25) is 0 Å². The normalized spacial score (nSPS) is 10.9. The number of halogens is 1. The molecule has 0 fully saturated rings. The van der Waals surface area contributed by atoms with Crippen LogP contribution in [0.2, 0.25) is 0 Å². The quantitative estimate of drug-likeness (QED) is 0.855. The van der Waals surface area contributed by atoms with E-state index in [0.29, 0.717) is 0 Å². The van der Waals surface area contributed by atoms with Gasteiger partial charge in [-0.2, -0.15) is 0 Å². The van der Waals surface area contributed by atoms with Crippen LogP contribution < -0.4 is 5.32 Å². The Labute approximate surface area is 101 Å². The molecule has 0 atom stereocenters. The topological polar surface area (TPSA) is 24.9 Å². The molecule has 2 aromatic rings. The fourth-order valence-corrected chi connectivity index (χ4v) is 2.36. The molecule has 0 amide bonds. The molecule has 1 N–H and O–H groups in total. The molecule has 3 heteroatoms. The maximum atomic E-state index is 13.4. The van der Waals surface area contributed by atoms with Crippen molar-refractivity contribution in [2.24, 2.45) is 0 Å². The number of rotatable bonds is 2. The summed E-state index contributed by atoms with van der Waals surface area (Å²) in [6.45, 7) is 6.03. The van der Waals surface area contributed by atoms with E-state index in [4.69, 9.17) is 0 Å². The van der Waals surface area contributed by atoms with Crippen molar-refractivity contribution in [3.63, 3.8) is 0 Å². The number of pyridine rings is 1. The standard InChI is InChI=1S/C14H17FN2/c1-5-11-9(3)14(16-4)13-8(2)6-10(15)7-12(13)17-11/h6-7H,5H2,1-4H3,(H,16,17). The van der Waals surface area contributed by atoms with E-state index in [1.165, 1.54) is 6.07 Å². The number of hydrogen-bond acceptors (Lipinski definition) is 2. The lowest BCUT2D eigenvalue weighted by Gasteiger charge is -2.15. The summed E-state index contributed by atoms with van der Waals surface area (Å²) >= 11 is 0. The van der Waals surface area contributed by atoms with Gasteiger partial charge in [-0.05, 0) is 37.5 Å². The molecule has 0 aliphatic rings. The Morgan fingerprint density at radius 1 is 1.29 bits per heavy atom. The van der Waals surface area contributed by atoms with Crippen molar-refractivity contribution < 1.29 is 4.39 Å². The number of hydrogen-bond donors (Lipinski definition) is 1. The van der Waals surface area contributed by atoms with Gasteiger partial charge in [-0.3, -0.25) is 4.98 Å².